The number of amidine groups is 1. The van der Waals surface area contributed by atoms with Gasteiger partial charge in [0.15, 0.2) is 0 Å². The van der Waals surface area contributed by atoms with E-state index >= 15 is 0 Å². The number of rotatable bonds is 7. The second kappa shape index (κ2) is 9.35. The van der Waals surface area contributed by atoms with E-state index in [1.54, 1.807) is 19.5 Å². The summed E-state index contributed by atoms with van der Waals surface area (Å²) in [6.45, 7) is 1.12. The lowest BCUT2D eigenvalue weighted by Gasteiger charge is -2.36. The number of quaternary nitrogens is 1. The smallest absolute Gasteiger partial charge is 0.266 e. The molecule has 182 valence electrons. The van der Waals surface area contributed by atoms with Crippen LogP contribution in [0.3, 0.4) is 0 Å². The van der Waals surface area contributed by atoms with E-state index in [0.29, 0.717) is 24.1 Å². The predicted octanol–water partition coefficient (Wildman–Crippen LogP) is 5.21. The molecule has 1 fully saturated rings. The van der Waals surface area contributed by atoms with Crippen LogP contribution >= 0.6 is 11.6 Å². The summed E-state index contributed by atoms with van der Waals surface area (Å²) in [4.78, 5) is 14.4. The number of aliphatic imine (C=N–C) groups is 2. The molecule has 2 aromatic carbocycles. The standard InChI is InChI=1S/C28H27ClN5O2/c1-35-13-14-36-26-10-8-20(26)27-25-17-31-11-12-34(25,30)28(33-27)21-16-24-19(15-22(21)29)7-9-23(32-24)18-5-3-2-4-6-18/h2-7,9,11-12,15-17,20,26H,8,10,13-14,30H2,1H3/q+1. The minimum atomic E-state index is -0.0796. The lowest BCUT2D eigenvalue weighted by molar-refractivity contribution is -0.750. The van der Waals surface area contributed by atoms with Crippen molar-refractivity contribution in [3.63, 3.8) is 0 Å². The summed E-state index contributed by atoms with van der Waals surface area (Å²) < 4.78 is 11.1. The molecule has 1 aromatic heterocycles. The highest BCUT2D eigenvalue weighted by Gasteiger charge is 2.49. The van der Waals surface area contributed by atoms with E-state index in [-0.39, 0.29) is 16.6 Å². The molecule has 3 aromatic rings. The summed E-state index contributed by atoms with van der Waals surface area (Å²) in [5, 5.41) is 1.54. The number of ether oxygens (including phenoxy) is 2. The number of hydrogen-bond acceptors (Lipinski definition) is 6. The van der Waals surface area contributed by atoms with Crippen molar-refractivity contribution in [2.45, 2.75) is 18.9 Å². The molecule has 2 N–H and O–H groups in total. The number of benzene rings is 2. The number of nitrogens with zero attached hydrogens (tertiary/aromatic N) is 4. The van der Waals surface area contributed by atoms with Gasteiger partial charge in [0.1, 0.15) is 11.9 Å². The van der Waals surface area contributed by atoms with Crippen molar-refractivity contribution in [2.75, 3.05) is 20.3 Å². The van der Waals surface area contributed by atoms with E-state index in [4.69, 9.17) is 36.9 Å². The average molecular weight is 501 g/mol. The normalized spacial score (nSPS) is 24.7. The first-order valence-electron chi connectivity index (χ1n) is 12.1. The predicted molar refractivity (Wildman–Crippen MR) is 142 cm³/mol. The van der Waals surface area contributed by atoms with Crippen LogP contribution in [0.1, 0.15) is 18.4 Å². The van der Waals surface area contributed by atoms with Gasteiger partial charge in [0, 0.05) is 24.0 Å². The van der Waals surface area contributed by atoms with Gasteiger partial charge in [-0.3, -0.25) is 4.99 Å². The van der Waals surface area contributed by atoms with Gasteiger partial charge in [-0.25, -0.2) is 4.98 Å². The van der Waals surface area contributed by atoms with Gasteiger partial charge in [0.25, 0.3) is 5.84 Å². The Kier molecular flexibility index (Phi) is 6.03. The number of hydrogen-bond donors (Lipinski definition) is 1. The molecule has 2 aliphatic heterocycles. The Morgan fingerprint density at radius 2 is 1.94 bits per heavy atom. The van der Waals surface area contributed by atoms with Gasteiger partial charge < -0.3 is 9.47 Å². The number of methoxy groups -OCH3 is 1. The summed E-state index contributed by atoms with van der Waals surface area (Å²) in [5.74, 6) is 7.78. The van der Waals surface area contributed by atoms with Crippen LogP contribution in [0.4, 0.5) is 0 Å². The van der Waals surface area contributed by atoms with E-state index in [9.17, 15) is 0 Å². The summed E-state index contributed by atoms with van der Waals surface area (Å²) in [6.07, 6.45) is 7.40. The Morgan fingerprint density at radius 3 is 2.72 bits per heavy atom. The number of fused-ring (bicyclic) bond motifs is 2. The summed E-state index contributed by atoms with van der Waals surface area (Å²) >= 11 is 6.83. The number of nitrogens with two attached hydrogens (primary N) is 1. The van der Waals surface area contributed by atoms with E-state index in [1.807, 2.05) is 48.7 Å². The molecule has 0 spiro atoms. The molecule has 3 heterocycles. The molecule has 7 nitrogen and oxygen atoms in total. The van der Waals surface area contributed by atoms with Crippen molar-refractivity contribution in [2.24, 2.45) is 21.7 Å². The highest BCUT2D eigenvalue weighted by atomic mass is 35.5. The molecule has 3 aliphatic rings. The molecule has 3 unspecified atom stereocenters. The SMILES string of the molecule is COCCOC1CCC1C1=C2C=NC=C[N+]2(N)C(c2cc3nc(-c4ccccc4)ccc3cc2Cl)=N1. The van der Waals surface area contributed by atoms with E-state index < -0.39 is 0 Å². The molecule has 0 radical (unpaired) electrons. The average Bonchev–Trinajstić information content (AvgIpc) is 3.18. The number of aromatic nitrogens is 1. The van der Waals surface area contributed by atoms with Crippen LogP contribution < -0.4 is 5.84 Å². The fraction of sp³-hybridized carbons (Fsp3) is 0.250. The first-order valence-corrected chi connectivity index (χ1v) is 12.4. The highest BCUT2D eigenvalue weighted by Crippen LogP contribution is 2.44. The van der Waals surface area contributed by atoms with Gasteiger partial charge in [-0.1, -0.05) is 48.0 Å². The van der Waals surface area contributed by atoms with Crippen LogP contribution in [-0.4, -0.2) is 48.1 Å². The molecular formula is C28H27ClN5O2+. The van der Waals surface area contributed by atoms with Gasteiger partial charge >= 0.3 is 0 Å². The third kappa shape index (κ3) is 3.89. The van der Waals surface area contributed by atoms with Crippen LogP contribution in [0.25, 0.3) is 22.2 Å². The topological polar surface area (TPSA) is 82.1 Å². The third-order valence-corrected chi connectivity index (χ3v) is 7.41. The molecule has 0 bridgehead atoms. The molecule has 8 heteroatoms. The lowest BCUT2D eigenvalue weighted by Crippen LogP contribution is -2.53. The molecule has 1 aliphatic carbocycles. The van der Waals surface area contributed by atoms with Crippen LogP contribution in [0.5, 0.6) is 0 Å². The Morgan fingerprint density at radius 1 is 1.08 bits per heavy atom. The van der Waals surface area contributed by atoms with Gasteiger partial charge in [0.2, 0.25) is 5.70 Å². The first kappa shape index (κ1) is 23.2. The van der Waals surface area contributed by atoms with Crippen molar-refractivity contribution in [1.82, 2.24) is 4.98 Å². The van der Waals surface area contributed by atoms with Crippen molar-refractivity contribution < 1.29 is 14.1 Å². The van der Waals surface area contributed by atoms with E-state index in [2.05, 4.69) is 17.1 Å². The largest absolute Gasteiger partial charge is 0.382 e. The summed E-state index contributed by atoms with van der Waals surface area (Å²) in [5.41, 5.74) is 5.31. The fourth-order valence-corrected chi connectivity index (χ4v) is 5.27. The van der Waals surface area contributed by atoms with Crippen molar-refractivity contribution >= 4 is 34.6 Å². The number of halogens is 1. The minimum Gasteiger partial charge on any atom is -0.382 e. The van der Waals surface area contributed by atoms with Crippen LogP contribution in [0, 0.1) is 5.92 Å². The second-order valence-electron chi connectivity index (χ2n) is 9.23. The zero-order valence-electron chi connectivity index (χ0n) is 20.0. The third-order valence-electron chi connectivity index (χ3n) is 7.09. The van der Waals surface area contributed by atoms with E-state index in [1.165, 1.54) is 0 Å². The number of pyridine rings is 1. The van der Waals surface area contributed by atoms with Crippen LogP contribution in [-0.2, 0) is 9.47 Å². The zero-order chi connectivity index (χ0) is 24.7. The lowest BCUT2D eigenvalue weighted by atomic mass is 9.79. The van der Waals surface area contributed by atoms with Crippen molar-refractivity contribution in [3.8, 4) is 11.3 Å². The Hall–Kier alpha value is -3.20. The van der Waals surface area contributed by atoms with Gasteiger partial charge in [0.05, 0.1) is 53.5 Å². The molecular weight excluding hydrogens is 474 g/mol. The maximum Gasteiger partial charge on any atom is 0.266 e. The Balaban J connectivity index is 1.41. The maximum absolute atomic E-state index is 6.98. The highest BCUT2D eigenvalue weighted by molar-refractivity contribution is 6.34. The summed E-state index contributed by atoms with van der Waals surface area (Å²) in [6, 6.07) is 18.1. The second-order valence-corrected chi connectivity index (χ2v) is 9.64. The Labute approximate surface area is 214 Å². The van der Waals surface area contributed by atoms with Gasteiger partial charge in [-0.15, -0.1) is 4.59 Å². The Bertz CT molecular complexity index is 1450. The van der Waals surface area contributed by atoms with Crippen LogP contribution in [0.15, 0.2) is 88.4 Å². The number of allylic oxidation sites excluding steroid dienone is 1. The quantitative estimate of drug-likeness (QED) is 0.274. The van der Waals surface area contributed by atoms with Crippen molar-refractivity contribution in [1.29, 1.82) is 0 Å². The molecule has 3 atom stereocenters. The van der Waals surface area contributed by atoms with Crippen LogP contribution in [0.2, 0.25) is 5.02 Å². The zero-order valence-corrected chi connectivity index (χ0v) is 20.7. The fourth-order valence-electron chi connectivity index (χ4n) is 5.01. The minimum absolute atomic E-state index is 0.0796. The van der Waals surface area contributed by atoms with Crippen molar-refractivity contribution in [3.05, 3.63) is 89.0 Å². The monoisotopic (exact) mass is 500 g/mol. The maximum atomic E-state index is 6.98. The van der Waals surface area contributed by atoms with Gasteiger partial charge in [-0.2, -0.15) is 10.8 Å². The molecule has 0 amide bonds. The molecule has 6 rings (SSSR count). The molecule has 1 saturated carbocycles. The first-order chi connectivity index (χ1) is 17.6. The van der Waals surface area contributed by atoms with E-state index in [0.717, 1.165) is 52.0 Å². The summed E-state index contributed by atoms with van der Waals surface area (Å²) in [7, 11) is 1.68. The molecule has 0 saturated heterocycles. The van der Waals surface area contributed by atoms with Gasteiger partial charge in [-0.05, 0) is 31.0 Å². The molecule has 36 heavy (non-hydrogen) atoms.